The van der Waals surface area contributed by atoms with Gasteiger partial charge < -0.3 is 15.1 Å². The van der Waals surface area contributed by atoms with Gasteiger partial charge >= 0.3 is 0 Å². The molecule has 6 heteroatoms. The first-order chi connectivity index (χ1) is 18.6. The fourth-order valence-corrected chi connectivity index (χ4v) is 5.02. The average molecular weight is 529 g/mol. The van der Waals surface area contributed by atoms with E-state index in [0.29, 0.717) is 18.1 Å². The van der Waals surface area contributed by atoms with Crippen LogP contribution in [0.3, 0.4) is 0 Å². The third kappa shape index (κ3) is 7.12. The number of anilines is 1. The van der Waals surface area contributed by atoms with E-state index in [1.165, 1.54) is 0 Å². The summed E-state index contributed by atoms with van der Waals surface area (Å²) in [7, 11) is 0. The van der Waals surface area contributed by atoms with Crippen LogP contribution in [0.25, 0.3) is 10.9 Å². The molecule has 0 spiro atoms. The van der Waals surface area contributed by atoms with Crippen molar-refractivity contribution in [3.63, 3.8) is 0 Å². The lowest BCUT2D eigenvalue weighted by molar-refractivity contribution is -0.132. The summed E-state index contributed by atoms with van der Waals surface area (Å²) in [6.07, 6.45) is 2.63. The van der Waals surface area contributed by atoms with Crippen LogP contribution in [-0.4, -0.2) is 60.0 Å². The van der Waals surface area contributed by atoms with Gasteiger partial charge in [0.1, 0.15) is 0 Å². The first-order valence-electron chi connectivity index (χ1n) is 13.5. The Morgan fingerprint density at radius 2 is 1.53 bits per heavy atom. The Kier molecular flexibility index (Phi) is 10.1. The largest absolute Gasteiger partial charge is 0.384 e. The summed E-state index contributed by atoms with van der Waals surface area (Å²) in [5.74, 6) is -0.172. The number of nitrogens with zero attached hydrogens (tertiary/aromatic N) is 3. The van der Waals surface area contributed by atoms with Crippen molar-refractivity contribution in [3.8, 4) is 0 Å². The van der Waals surface area contributed by atoms with Gasteiger partial charge in [-0.2, -0.15) is 0 Å². The molecule has 0 radical (unpaired) electrons. The lowest BCUT2D eigenvalue weighted by Crippen LogP contribution is -2.42. The highest BCUT2D eigenvalue weighted by molar-refractivity contribution is 6.31. The zero-order valence-electron chi connectivity index (χ0n) is 22.3. The molecule has 1 aromatic heterocycles. The number of hydrogen-bond acceptors (Lipinski definition) is 4. The Hall–Kier alpha value is -3.41. The molecule has 0 fully saturated rings. The van der Waals surface area contributed by atoms with Crippen molar-refractivity contribution >= 4 is 34.1 Å². The fraction of sp³-hybridized carbons (Fsp3) is 0.312. The van der Waals surface area contributed by atoms with Gasteiger partial charge in [-0.05, 0) is 54.9 Å². The van der Waals surface area contributed by atoms with E-state index in [0.717, 1.165) is 60.3 Å². The molecule has 1 heterocycles. The molecule has 0 atom stereocenters. The minimum absolute atomic E-state index is 0.151. The molecule has 0 unspecified atom stereocenters. The van der Waals surface area contributed by atoms with Crippen LogP contribution in [0, 0.1) is 0 Å². The van der Waals surface area contributed by atoms with Gasteiger partial charge in [-0.1, -0.05) is 86.1 Å². The number of benzene rings is 3. The van der Waals surface area contributed by atoms with E-state index < -0.39 is 0 Å². The van der Waals surface area contributed by atoms with Crippen LogP contribution in [0.4, 0.5) is 5.69 Å². The molecule has 0 saturated heterocycles. The predicted molar refractivity (Wildman–Crippen MR) is 159 cm³/mol. The van der Waals surface area contributed by atoms with Crippen LogP contribution in [0.15, 0.2) is 91.1 Å². The maximum absolute atomic E-state index is 14.2. The van der Waals surface area contributed by atoms with Gasteiger partial charge in [0.25, 0.3) is 0 Å². The quantitative estimate of drug-likeness (QED) is 0.196. The van der Waals surface area contributed by atoms with E-state index in [2.05, 4.69) is 58.2 Å². The van der Waals surface area contributed by atoms with Crippen molar-refractivity contribution in [2.45, 2.75) is 26.2 Å². The molecule has 0 saturated carbocycles. The second-order valence-corrected chi connectivity index (χ2v) is 9.84. The Morgan fingerprint density at radius 3 is 2.16 bits per heavy atom. The highest BCUT2D eigenvalue weighted by atomic mass is 35.5. The van der Waals surface area contributed by atoms with Crippen molar-refractivity contribution in [1.82, 2.24) is 14.8 Å². The molecule has 4 aromatic rings. The molecule has 38 heavy (non-hydrogen) atoms. The number of hydrogen-bond donors (Lipinski definition) is 1. The van der Waals surface area contributed by atoms with Gasteiger partial charge in [-0.25, -0.2) is 0 Å². The van der Waals surface area contributed by atoms with Gasteiger partial charge in [-0.15, -0.1) is 0 Å². The molecular formula is C32H37ClN4O. The van der Waals surface area contributed by atoms with Gasteiger partial charge in [0.05, 0.1) is 11.4 Å². The Bertz CT molecular complexity index is 1260. The van der Waals surface area contributed by atoms with Crippen molar-refractivity contribution in [2.75, 3.05) is 44.6 Å². The van der Waals surface area contributed by atoms with Gasteiger partial charge in [0.15, 0.2) is 0 Å². The number of aromatic nitrogens is 1. The average Bonchev–Trinajstić information content (AvgIpc) is 2.95. The van der Waals surface area contributed by atoms with Gasteiger partial charge in [0, 0.05) is 48.5 Å². The number of carbonyl (C=O) groups is 1. The Labute approximate surface area is 231 Å². The maximum Gasteiger partial charge on any atom is 0.234 e. The summed E-state index contributed by atoms with van der Waals surface area (Å²) in [5, 5.41) is 5.27. The summed E-state index contributed by atoms with van der Waals surface area (Å²) in [6, 6.07) is 28.0. The van der Waals surface area contributed by atoms with Crippen LogP contribution in [-0.2, 0) is 4.79 Å². The highest BCUT2D eigenvalue weighted by Crippen LogP contribution is 2.27. The van der Waals surface area contributed by atoms with Crippen LogP contribution in [0.2, 0.25) is 5.02 Å². The molecule has 5 nitrogen and oxygen atoms in total. The summed E-state index contributed by atoms with van der Waals surface area (Å²) in [6.45, 7) is 9.27. The fourth-order valence-electron chi connectivity index (χ4n) is 4.85. The number of nitrogens with one attached hydrogen (secondary N) is 1. The molecule has 4 rings (SSSR count). The number of pyridine rings is 1. The van der Waals surface area contributed by atoms with E-state index in [9.17, 15) is 4.79 Å². The Morgan fingerprint density at radius 1 is 0.868 bits per heavy atom. The monoisotopic (exact) mass is 528 g/mol. The first kappa shape index (κ1) is 27.6. The molecule has 1 N–H and O–H groups in total. The molecule has 1 amide bonds. The summed E-state index contributed by atoms with van der Waals surface area (Å²) in [5.41, 5.74) is 3.94. The molecule has 0 bridgehead atoms. The van der Waals surface area contributed by atoms with Gasteiger partial charge in [-0.3, -0.25) is 9.78 Å². The normalized spacial score (nSPS) is 11.3. The van der Waals surface area contributed by atoms with E-state index in [1.54, 1.807) is 6.20 Å². The number of carbonyl (C=O) groups excluding carboxylic acids is 1. The minimum atomic E-state index is -0.323. The molecule has 3 aromatic carbocycles. The molecule has 0 aliphatic heterocycles. The van der Waals surface area contributed by atoms with Crippen LogP contribution in [0.1, 0.15) is 37.3 Å². The number of halogens is 1. The van der Waals surface area contributed by atoms with Gasteiger partial charge in [0.2, 0.25) is 5.91 Å². The lowest BCUT2D eigenvalue weighted by atomic mass is 9.90. The van der Waals surface area contributed by atoms with Crippen molar-refractivity contribution < 1.29 is 4.79 Å². The van der Waals surface area contributed by atoms with Crippen molar-refractivity contribution in [2.24, 2.45) is 0 Å². The Balaban J connectivity index is 1.50. The van der Waals surface area contributed by atoms with Crippen molar-refractivity contribution in [3.05, 3.63) is 107 Å². The van der Waals surface area contributed by atoms with E-state index in [4.69, 9.17) is 11.6 Å². The maximum atomic E-state index is 14.2. The molecule has 0 aliphatic rings. The van der Waals surface area contributed by atoms with Crippen molar-refractivity contribution in [1.29, 1.82) is 0 Å². The predicted octanol–water partition coefficient (Wildman–Crippen LogP) is 6.69. The zero-order chi connectivity index (χ0) is 26.7. The van der Waals surface area contributed by atoms with E-state index in [-0.39, 0.29) is 11.8 Å². The minimum Gasteiger partial charge on any atom is -0.384 e. The second kappa shape index (κ2) is 13.9. The number of likely N-dealkylation sites (N-methyl/N-ethyl adjacent to an activating group) is 1. The van der Waals surface area contributed by atoms with Crippen LogP contribution >= 0.6 is 11.6 Å². The lowest BCUT2D eigenvalue weighted by Gasteiger charge is -2.30. The molecular weight excluding hydrogens is 492 g/mol. The first-order valence-corrected chi connectivity index (χ1v) is 13.9. The third-order valence-electron chi connectivity index (χ3n) is 7.03. The van der Waals surface area contributed by atoms with Crippen LogP contribution < -0.4 is 5.32 Å². The molecule has 198 valence electrons. The third-order valence-corrected chi connectivity index (χ3v) is 7.27. The van der Waals surface area contributed by atoms with Crippen LogP contribution in [0.5, 0.6) is 0 Å². The SMILES string of the molecule is CCN(CC)CCN(CCCNc1ccnc2cc(Cl)ccc12)C(=O)C(c1ccccc1)c1ccccc1. The van der Waals surface area contributed by atoms with E-state index >= 15 is 0 Å². The summed E-state index contributed by atoms with van der Waals surface area (Å²) in [4.78, 5) is 23.0. The highest BCUT2D eigenvalue weighted by Gasteiger charge is 2.27. The number of rotatable bonds is 13. The topological polar surface area (TPSA) is 48.5 Å². The second-order valence-electron chi connectivity index (χ2n) is 9.41. The number of fused-ring (bicyclic) bond motifs is 1. The zero-order valence-corrected chi connectivity index (χ0v) is 23.1. The number of amides is 1. The standard InChI is InChI=1S/C32H37ClN4O/c1-3-36(4-2)22-23-37(21-11-19-34-29-18-20-35-30-24-27(33)16-17-28(29)30)32(38)31(25-12-7-5-8-13-25)26-14-9-6-10-15-26/h5-10,12-18,20,24,31H,3-4,11,19,21-23H2,1-2H3,(H,34,35). The summed E-state index contributed by atoms with van der Waals surface area (Å²) < 4.78 is 0. The molecule has 0 aliphatic carbocycles. The summed E-state index contributed by atoms with van der Waals surface area (Å²) >= 11 is 6.15. The van der Waals surface area contributed by atoms with E-state index in [1.807, 2.05) is 60.7 Å². The smallest absolute Gasteiger partial charge is 0.234 e.